The van der Waals surface area contributed by atoms with E-state index in [1.54, 1.807) is 0 Å². The molecule has 4 rings (SSSR count). The van der Waals surface area contributed by atoms with Crippen LogP contribution in [0.25, 0.3) is 0 Å². The Hall–Kier alpha value is -2.36. The second-order valence-corrected chi connectivity index (χ2v) is 11.6. The van der Waals surface area contributed by atoms with Crippen molar-refractivity contribution in [1.82, 2.24) is 0 Å². The minimum absolute atomic E-state index is 0.0487. The zero-order valence-electron chi connectivity index (χ0n) is 23.3. The molecule has 0 aromatic carbocycles. The SMILES string of the molecule is CCCC1=CCC(CCC)(OC(=O)C2C3C=CC(C3)C2C(=O)OC2(CCC)C=CC(CCC)=CC2)C=C1. The predicted octanol–water partition coefficient (Wildman–Crippen LogP) is 7.96. The van der Waals surface area contributed by atoms with Crippen molar-refractivity contribution in [3.63, 3.8) is 0 Å². The molecule has 0 radical (unpaired) electrons. The van der Waals surface area contributed by atoms with Gasteiger partial charge in [-0.05, 0) is 56.1 Å². The number of esters is 2. The van der Waals surface area contributed by atoms with Crippen molar-refractivity contribution in [3.8, 4) is 0 Å². The fourth-order valence-electron chi connectivity index (χ4n) is 6.82. The van der Waals surface area contributed by atoms with Gasteiger partial charge in [-0.15, -0.1) is 0 Å². The summed E-state index contributed by atoms with van der Waals surface area (Å²) in [7, 11) is 0. The number of rotatable bonds is 12. The summed E-state index contributed by atoms with van der Waals surface area (Å²) in [6, 6.07) is 0. The summed E-state index contributed by atoms with van der Waals surface area (Å²) in [5.41, 5.74) is 1.40. The van der Waals surface area contributed by atoms with Crippen LogP contribution in [0.5, 0.6) is 0 Å². The highest BCUT2D eigenvalue weighted by atomic mass is 16.6. The highest BCUT2D eigenvalue weighted by molar-refractivity contribution is 5.85. The van der Waals surface area contributed by atoms with E-state index in [1.165, 1.54) is 11.1 Å². The molecule has 6 atom stereocenters. The Balaban J connectivity index is 1.50. The predicted molar refractivity (Wildman–Crippen MR) is 149 cm³/mol. The molecule has 0 aromatic heterocycles. The Labute approximate surface area is 223 Å². The quantitative estimate of drug-likeness (QED) is 0.199. The van der Waals surface area contributed by atoms with Crippen LogP contribution in [0, 0.1) is 23.7 Å². The fourth-order valence-corrected chi connectivity index (χ4v) is 6.82. The lowest BCUT2D eigenvalue weighted by atomic mass is 9.81. The van der Waals surface area contributed by atoms with Crippen molar-refractivity contribution in [3.05, 3.63) is 59.8 Å². The van der Waals surface area contributed by atoms with Crippen LogP contribution in [0.1, 0.15) is 98.3 Å². The van der Waals surface area contributed by atoms with Crippen molar-refractivity contribution >= 4 is 11.9 Å². The summed E-state index contributed by atoms with van der Waals surface area (Å²) < 4.78 is 12.7. The largest absolute Gasteiger partial charge is 0.454 e. The molecule has 0 heterocycles. The number of ether oxygens (including phenoxy) is 2. The molecule has 0 amide bonds. The first kappa shape index (κ1) is 27.7. The molecule has 0 spiro atoms. The Morgan fingerprint density at radius 1 is 0.730 bits per heavy atom. The summed E-state index contributed by atoms with van der Waals surface area (Å²) in [4.78, 5) is 27.6. The third-order valence-corrected chi connectivity index (χ3v) is 8.66. The molecule has 4 aliphatic rings. The normalized spacial score (nSPS) is 33.8. The number of hydrogen-bond donors (Lipinski definition) is 0. The van der Waals surface area contributed by atoms with Crippen molar-refractivity contribution in [2.24, 2.45) is 23.7 Å². The van der Waals surface area contributed by atoms with E-state index in [2.05, 4.69) is 76.3 Å². The fraction of sp³-hybridized carbons (Fsp3) is 0.636. The number of allylic oxidation sites excluding steroid dienone is 6. The van der Waals surface area contributed by atoms with Gasteiger partial charge < -0.3 is 9.47 Å². The van der Waals surface area contributed by atoms with Gasteiger partial charge in [0.05, 0.1) is 11.8 Å². The first-order valence-corrected chi connectivity index (χ1v) is 14.8. The van der Waals surface area contributed by atoms with Crippen LogP contribution in [-0.2, 0) is 19.1 Å². The Morgan fingerprint density at radius 2 is 1.16 bits per heavy atom. The maximum atomic E-state index is 13.8. The molecule has 2 bridgehead atoms. The molecule has 0 aromatic rings. The molecule has 202 valence electrons. The average molecular weight is 507 g/mol. The molecule has 0 N–H and O–H groups in total. The molecule has 0 saturated heterocycles. The highest BCUT2D eigenvalue weighted by Gasteiger charge is 2.55. The van der Waals surface area contributed by atoms with E-state index in [0.717, 1.165) is 57.8 Å². The molecular formula is C33H46O4. The summed E-state index contributed by atoms with van der Waals surface area (Å²) in [5.74, 6) is -1.32. The zero-order valence-corrected chi connectivity index (χ0v) is 23.3. The maximum absolute atomic E-state index is 13.8. The molecule has 1 saturated carbocycles. The van der Waals surface area contributed by atoms with Gasteiger partial charge in [-0.2, -0.15) is 0 Å². The summed E-state index contributed by atoms with van der Waals surface area (Å²) >= 11 is 0. The third kappa shape index (κ3) is 6.04. The van der Waals surface area contributed by atoms with Gasteiger partial charge in [0.2, 0.25) is 0 Å². The van der Waals surface area contributed by atoms with E-state index in [0.29, 0.717) is 12.8 Å². The lowest BCUT2D eigenvalue weighted by Gasteiger charge is -2.37. The second kappa shape index (κ2) is 12.0. The number of hydrogen-bond acceptors (Lipinski definition) is 4. The van der Waals surface area contributed by atoms with Crippen LogP contribution in [0.15, 0.2) is 59.8 Å². The molecule has 4 nitrogen and oxygen atoms in total. The molecule has 4 aliphatic carbocycles. The van der Waals surface area contributed by atoms with Gasteiger partial charge in [0.15, 0.2) is 0 Å². The van der Waals surface area contributed by atoms with Crippen LogP contribution in [0.4, 0.5) is 0 Å². The van der Waals surface area contributed by atoms with E-state index < -0.39 is 23.0 Å². The standard InChI is InChI=1S/C33H46O4/c1-5-9-24-13-19-32(17-7-3,20-14-24)36-30(34)28-26-11-12-27(23-26)29(28)31(35)37-33(18-8-4)21-15-25(10-6-2)16-22-33/h11-16,19,21,26-29H,5-10,17-18,20,22-23H2,1-4H3. The zero-order chi connectivity index (χ0) is 26.5. The van der Waals surface area contributed by atoms with Crippen LogP contribution in [0.3, 0.4) is 0 Å². The van der Waals surface area contributed by atoms with Gasteiger partial charge >= 0.3 is 11.9 Å². The van der Waals surface area contributed by atoms with Gasteiger partial charge in [-0.3, -0.25) is 9.59 Å². The molecule has 4 heteroatoms. The van der Waals surface area contributed by atoms with Gasteiger partial charge in [0, 0.05) is 12.8 Å². The second-order valence-electron chi connectivity index (χ2n) is 11.6. The van der Waals surface area contributed by atoms with Crippen molar-refractivity contribution in [2.45, 2.75) is 110 Å². The lowest BCUT2D eigenvalue weighted by molar-refractivity contribution is -0.174. The molecule has 1 fully saturated rings. The minimum atomic E-state index is -0.612. The van der Waals surface area contributed by atoms with E-state index in [4.69, 9.17) is 9.47 Å². The molecule has 0 aliphatic heterocycles. The molecule has 37 heavy (non-hydrogen) atoms. The third-order valence-electron chi connectivity index (χ3n) is 8.66. The number of carbonyl (C=O) groups excluding carboxylic acids is 2. The summed E-state index contributed by atoms with van der Waals surface area (Å²) in [5, 5.41) is 0. The van der Waals surface area contributed by atoms with Crippen molar-refractivity contribution in [1.29, 1.82) is 0 Å². The van der Waals surface area contributed by atoms with Crippen LogP contribution in [-0.4, -0.2) is 23.1 Å². The molecule has 6 unspecified atom stereocenters. The Bertz CT molecular complexity index is 920. The number of carbonyl (C=O) groups is 2. The van der Waals surface area contributed by atoms with Crippen LogP contribution >= 0.6 is 0 Å². The van der Waals surface area contributed by atoms with E-state index in [1.807, 2.05) is 0 Å². The van der Waals surface area contributed by atoms with Gasteiger partial charge in [-0.25, -0.2) is 0 Å². The van der Waals surface area contributed by atoms with E-state index in [-0.39, 0.29) is 23.8 Å². The molecular weight excluding hydrogens is 460 g/mol. The smallest absolute Gasteiger partial charge is 0.311 e. The van der Waals surface area contributed by atoms with Crippen molar-refractivity contribution < 1.29 is 19.1 Å². The topological polar surface area (TPSA) is 52.6 Å². The average Bonchev–Trinajstić information content (AvgIpc) is 3.50. The maximum Gasteiger partial charge on any atom is 0.311 e. The van der Waals surface area contributed by atoms with Crippen molar-refractivity contribution in [2.75, 3.05) is 0 Å². The minimum Gasteiger partial charge on any atom is -0.454 e. The van der Waals surface area contributed by atoms with Crippen LogP contribution < -0.4 is 0 Å². The highest BCUT2D eigenvalue weighted by Crippen LogP contribution is 2.50. The van der Waals surface area contributed by atoms with Crippen LogP contribution in [0.2, 0.25) is 0 Å². The monoisotopic (exact) mass is 506 g/mol. The van der Waals surface area contributed by atoms with Gasteiger partial charge in [0.25, 0.3) is 0 Å². The van der Waals surface area contributed by atoms with E-state index in [9.17, 15) is 9.59 Å². The van der Waals surface area contributed by atoms with Gasteiger partial charge in [-0.1, -0.05) is 101 Å². The first-order valence-electron chi connectivity index (χ1n) is 14.8. The van der Waals surface area contributed by atoms with E-state index >= 15 is 0 Å². The van der Waals surface area contributed by atoms with Gasteiger partial charge in [0.1, 0.15) is 11.2 Å². The number of fused-ring (bicyclic) bond motifs is 2. The lowest BCUT2D eigenvalue weighted by Crippen LogP contribution is -2.43. The Kier molecular flexibility index (Phi) is 8.98. The first-order chi connectivity index (χ1) is 17.9. The summed E-state index contributed by atoms with van der Waals surface area (Å²) in [6.07, 6.45) is 27.1. The Morgan fingerprint density at radius 3 is 1.49 bits per heavy atom. The summed E-state index contributed by atoms with van der Waals surface area (Å²) in [6.45, 7) is 8.61.